The summed E-state index contributed by atoms with van der Waals surface area (Å²) >= 11 is 0. The molecule has 1 aromatic carbocycles. The number of amides is 1. The van der Waals surface area contributed by atoms with Crippen LogP contribution in [0.2, 0.25) is 0 Å². The molecule has 3 fully saturated rings. The molecule has 5 nitrogen and oxygen atoms in total. The first-order chi connectivity index (χ1) is 12.8. The maximum Gasteiger partial charge on any atom is 0.494 e. The van der Waals surface area contributed by atoms with E-state index >= 15 is 0 Å². The lowest BCUT2D eigenvalue weighted by Gasteiger charge is -2.32. The Bertz CT molecular complexity index is 784. The topological polar surface area (TPSA) is 48.0 Å². The Hall–Kier alpha value is -1.53. The van der Waals surface area contributed by atoms with E-state index in [1.54, 1.807) is 0 Å². The Morgan fingerprint density at radius 3 is 2.43 bits per heavy atom. The monoisotopic (exact) mass is 385 g/mol. The van der Waals surface area contributed by atoms with Gasteiger partial charge in [0.15, 0.2) is 0 Å². The summed E-state index contributed by atoms with van der Waals surface area (Å²) in [4.78, 5) is 14.3. The largest absolute Gasteiger partial charge is 0.494 e. The Morgan fingerprint density at radius 1 is 1.18 bits per heavy atom. The number of benzene rings is 1. The van der Waals surface area contributed by atoms with Crippen LogP contribution in [0.3, 0.4) is 0 Å². The average molecular weight is 385 g/mol. The molecule has 0 aromatic heterocycles. The third-order valence-corrected chi connectivity index (χ3v) is 6.78. The van der Waals surface area contributed by atoms with Gasteiger partial charge in [-0.05, 0) is 71.8 Å². The molecule has 1 aromatic rings. The summed E-state index contributed by atoms with van der Waals surface area (Å²) in [7, 11) is -0.359. The van der Waals surface area contributed by atoms with Gasteiger partial charge < -0.3 is 18.9 Å². The summed E-state index contributed by atoms with van der Waals surface area (Å²) in [6.45, 7) is 15.5. The number of carbonyl (C=O) groups excluding carboxylic acids is 1. The van der Waals surface area contributed by atoms with Gasteiger partial charge in [0.1, 0.15) is 5.60 Å². The van der Waals surface area contributed by atoms with Crippen molar-refractivity contribution in [2.45, 2.75) is 77.1 Å². The van der Waals surface area contributed by atoms with Gasteiger partial charge in [0.05, 0.1) is 11.2 Å². The fourth-order valence-electron chi connectivity index (χ4n) is 4.37. The molecule has 3 aliphatic rings. The van der Waals surface area contributed by atoms with Gasteiger partial charge in [-0.15, -0.1) is 0 Å². The van der Waals surface area contributed by atoms with E-state index in [0.717, 1.165) is 25.0 Å². The van der Waals surface area contributed by atoms with Crippen LogP contribution in [0.25, 0.3) is 0 Å². The van der Waals surface area contributed by atoms with E-state index in [2.05, 4.69) is 52.0 Å². The number of fused-ring (bicyclic) bond motifs is 1. The number of piperidine rings is 1. The third-order valence-electron chi connectivity index (χ3n) is 6.78. The standard InChI is InChI=1S/C22H32BNO4/c1-19(2,3)26-18(25)24-13-16-12-22(16,14-24)15-9-8-10-17(11-15)23-27-20(4,5)21(6,7)28-23/h8-11,16H,12-14H2,1-7H3/t16-,22+/m1/s1. The van der Waals surface area contributed by atoms with Crippen LogP contribution >= 0.6 is 0 Å². The summed E-state index contributed by atoms with van der Waals surface area (Å²) in [5.41, 5.74) is 1.20. The van der Waals surface area contributed by atoms with Crippen molar-refractivity contribution < 1.29 is 18.8 Å². The SMILES string of the molecule is CC(C)(C)OC(=O)N1C[C@H]2C[C@@]2(c2cccc(B3OC(C)(C)C(C)(C)O3)c2)C1. The molecule has 0 spiro atoms. The lowest BCUT2D eigenvalue weighted by molar-refractivity contribution is 0.00578. The molecule has 0 N–H and O–H groups in total. The Kier molecular flexibility index (Phi) is 4.23. The van der Waals surface area contributed by atoms with Crippen molar-refractivity contribution in [1.82, 2.24) is 4.90 Å². The number of carbonyl (C=O) groups is 1. The fraction of sp³-hybridized carbons (Fsp3) is 0.682. The van der Waals surface area contributed by atoms with Crippen molar-refractivity contribution in [3.8, 4) is 0 Å². The van der Waals surface area contributed by atoms with Crippen LogP contribution in [-0.4, -0.2) is 48.0 Å². The van der Waals surface area contributed by atoms with Crippen LogP contribution in [0.1, 0.15) is 60.5 Å². The van der Waals surface area contributed by atoms with Crippen LogP contribution in [0, 0.1) is 5.92 Å². The number of hydrogen-bond donors (Lipinski definition) is 0. The summed E-state index contributed by atoms with van der Waals surface area (Å²) in [5, 5.41) is 0. The Labute approximate surface area is 168 Å². The predicted octanol–water partition coefficient (Wildman–Crippen LogP) is 3.49. The Balaban J connectivity index is 1.51. The minimum Gasteiger partial charge on any atom is -0.444 e. The van der Waals surface area contributed by atoms with Crippen LogP contribution in [-0.2, 0) is 19.5 Å². The van der Waals surface area contributed by atoms with Crippen molar-refractivity contribution in [3.63, 3.8) is 0 Å². The van der Waals surface area contributed by atoms with Crippen molar-refractivity contribution in [1.29, 1.82) is 0 Å². The zero-order chi connectivity index (χ0) is 20.5. The van der Waals surface area contributed by atoms with E-state index in [4.69, 9.17) is 14.0 Å². The second kappa shape index (κ2) is 5.99. The van der Waals surface area contributed by atoms with Gasteiger partial charge in [-0.3, -0.25) is 0 Å². The van der Waals surface area contributed by atoms with Crippen LogP contribution in [0.15, 0.2) is 24.3 Å². The minimum absolute atomic E-state index is 0.0521. The molecular formula is C22H32BNO4. The summed E-state index contributed by atoms with van der Waals surface area (Å²) in [5.74, 6) is 0.508. The predicted molar refractivity (Wildman–Crippen MR) is 110 cm³/mol. The average Bonchev–Trinajstić information content (AvgIpc) is 3.04. The quantitative estimate of drug-likeness (QED) is 0.732. The van der Waals surface area contributed by atoms with Crippen LogP contribution in [0.4, 0.5) is 4.79 Å². The van der Waals surface area contributed by atoms with Gasteiger partial charge in [-0.25, -0.2) is 4.79 Å². The molecule has 0 bridgehead atoms. The van der Waals surface area contributed by atoms with Crippen LogP contribution in [0.5, 0.6) is 0 Å². The van der Waals surface area contributed by atoms with E-state index in [-0.39, 0.29) is 29.8 Å². The second-order valence-corrected chi connectivity index (χ2v) is 10.6. The molecule has 6 heteroatoms. The molecule has 28 heavy (non-hydrogen) atoms. The highest BCUT2D eigenvalue weighted by Gasteiger charge is 2.62. The van der Waals surface area contributed by atoms with E-state index in [0.29, 0.717) is 5.92 Å². The highest BCUT2D eigenvalue weighted by atomic mass is 16.7. The molecule has 2 saturated heterocycles. The van der Waals surface area contributed by atoms with Gasteiger partial charge in [0.2, 0.25) is 0 Å². The van der Waals surface area contributed by atoms with Gasteiger partial charge in [0, 0.05) is 18.5 Å². The number of likely N-dealkylation sites (tertiary alicyclic amines) is 1. The number of hydrogen-bond acceptors (Lipinski definition) is 4. The van der Waals surface area contributed by atoms with Crippen LogP contribution < -0.4 is 5.46 Å². The minimum atomic E-state index is -0.465. The molecule has 2 heterocycles. The lowest BCUT2D eigenvalue weighted by atomic mass is 9.77. The molecule has 4 rings (SSSR count). The molecule has 152 valence electrons. The molecule has 2 atom stereocenters. The molecule has 1 amide bonds. The number of nitrogens with zero attached hydrogens (tertiary/aromatic N) is 1. The van der Waals surface area contributed by atoms with E-state index in [1.807, 2.05) is 25.7 Å². The molecule has 1 saturated carbocycles. The van der Waals surface area contributed by atoms with Crippen molar-refractivity contribution in [2.75, 3.05) is 13.1 Å². The molecular weight excluding hydrogens is 353 g/mol. The molecule has 2 aliphatic heterocycles. The van der Waals surface area contributed by atoms with Crippen molar-refractivity contribution in [2.24, 2.45) is 5.92 Å². The summed E-state index contributed by atoms with van der Waals surface area (Å²) in [6, 6.07) is 8.53. The van der Waals surface area contributed by atoms with E-state index < -0.39 is 5.60 Å². The first-order valence-corrected chi connectivity index (χ1v) is 10.3. The zero-order valence-electron chi connectivity index (χ0n) is 18.2. The normalized spacial score (nSPS) is 30.3. The lowest BCUT2D eigenvalue weighted by Crippen LogP contribution is -2.41. The van der Waals surface area contributed by atoms with E-state index in [9.17, 15) is 4.79 Å². The number of ether oxygens (including phenoxy) is 1. The van der Waals surface area contributed by atoms with Crippen molar-refractivity contribution in [3.05, 3.63) is 29.8 Å². The maximum absolute atomic E-state index is 12.5. The third kappa shape index (κ3) is 3.24. The highest BCUT2D eigenvalue weighted by molar-refractivity contribution is 6.62. The fourth-order valence-corrected chi connectivity index (χ4v) is 4.37. The first-order valence-electron chi connectivity index (χ1n) is 10.3. The maximum atomic E-state index is 12.5. The summed E-state index contributed by atoms with van der Waals surface area (Å²) < 4.78 is 18.0. The van der Waals surface area contributed by atoms with Gasteiger partial charge >= 0.3 is 13.2 Å². The Morgan fingerprint density at radius 2 is 1.82 bits per heavy atom. The second-order valence-electron chi connectivity index (χ2n) is 10.6. The van der Waals surface area contributed by atoms with Gasteiger partial charge in [0.25, 0.3) is 0 Å². The zero-order valence-corrected chi connectivity index (χ0v) is 18.2. The molecule has 0 radical (unpaired) electrons. The van der Waals surface area contributed by atoms with Crippen molar-refractivity contribution >= 4 is 18.7 Å². The first kappa shape index (κ1) is 19.8. The van der Waals surface area contributed by atoms with E-state index in [1.165, 1.54) is 5.56 Å². The number of rotatable bonds is 2. The molecule has 0 unspecified atom stereocenters. The van der Waals surface area contributed by atoms with Gasteiger partial charge in [-0.2, -0.15) is 0 Å². The van der Waals surface area contributed by atoms with Gasteiger partial charge in [-0.1, -0.05) is 24.3 Å². The molecule has 1 aliphatic carbocycles. The smallest absolute Gasteiger partial charge is 0.444 e. The highest BCUT2D eigenvalue weighted by Crippen LogP contribution is 2.59. The summed E-state index contributed by atoms with van der Waals surface area (Å²) in [6.07, 6.45) is 0.917.